The Labute approximate surface area is 202 Å². The molecule has 0 aliphatic carbocycles. The molecular formula is C26H34N2O5S. The Hall–Kier alpha value is -2.58. The molecular weight excluding hydrogens is 452 g/mol. The predicted octanol–water partition coefficient (Wildman–Crippen LogP) is 3.00. The van der Waals surface area contributed by atoms with Gasteiger partial charge in [-0.2, -0.15) is 0 Å². The summed E-state index contributed by atoms with van der Waals surface area (Å²) >= 11 is 0. The number of amides is 1. The van der Waals surface area contributed by atoms with Gasteiger partial charge in [-0.3, -0.25) is 9.69 Å². The van der Waals surface area contributed by atoms with Crippen molar-refractivity contribution < 1.29 is 22.7 Å². The van der Waals surface area contributed by atoms with E-state index in [-0.39, 0.29) is 35.4 Å². The molecule has 2 aliphatic rings. The number of sulfone groups is 1. The third kappa shape index (κ3) is 6.10. The smallest absolute Gasteiger partial charge is 0.223 e. The number of nitrogens with one attached hydrogen (secondary N) is 1. The van der Waals surface area contributed by atoms with E-state index in [0.29, 0.717) is 12.8 Å². The Morgan fingerprint density at radius 2 is 1.56 bits per heavy atom. The number of likely N-dealkylation sites (tertiary alicyclic amines) is 1. The average molecular weight is 487 g/mol. The first-order valence-corrected chi connectivity index (χ1v) is 13.7. The van der Waals surface area contributed by atoms with E-state index in [0.717, 1.165) is 48.6 Å². The predicted molar refractivity (Wildman–Crippen MR) is 132 cm³/mol. The molecule has 2 unspecified atom stereocenters. The number of piperidine rings is 1. The lowest BCUT2D eigenvalue weighted by Gasteiger charge is -2.35. The highest BCUT2D eigenvalue weighted by Gasteiger charge is 2.35. The molecule has 0 spiro atoms. The van der Waals surface area contributed by atoms with Crippen molar-refractivity contribution in [2.75, 3.05) is 38.8 Å². The van der Waals surface area contributed by atoms with Crippen molar-refractivity contribution in [2.24, 2.45) is 5.92 Å². The number of rotatable bonds is 8. The number of hydrogen-bond donors (Lipinski definition) is 1. The third-order valence-electron chi connectivity index (χ3n) is 7.06. The molecule has 34 heavy (non-hydrogen) atoms. The molecule has 2 aromatic carbocycles. The van der Waals surface area contributed by atoms with Crippen LogP contribution in [0.25, 0.3) is 0 Å². The van der Waals surface area contributed by atoms with Crippen LogP contribution in [0.1, 0.15) is 36.4 Å². The summed E-state index contributed by atoms with van der Waals surface area (Å²) in [6, 6.07) is 15.7. The van der Waals surface area contributed by atoms with Gasteiger partial charge < -0.3 is 14.8 Å². The Morgan fingerprint density at radius 3 is 2.09 bits per heavy atom. The molecule has 1 amide bonds. The Balaban J connectivity index is 1.41. The normalized spacial score (nSPS) is 21.6. The molecule has 2 aliphatic heterocycles. The van der Waals surface area contributed by atoms with Gasteiger partial charge >= 0.3 is 0 Å². The second-order valence-corrected chi connectivity index (χ2v) is 11.5. The average Bonchev–Trinajstić information content (AvgIpc) is 3.23. The van der Waals surface area contributed by atoms with Gasteiger partial charge in [0.1, 0.15) is 11.5 Å². The molecule has 0 radical (unpaired) electrons. The Kier molecular flexibility index (Phi) is 7.78. The van der Waals surface area contributed by atoms with Crippen LogP contribution in [0.2, 0.25) is 0 Å². The van der Waals surface area contributed by atoms with Gasteiger partial charge in [0.15, 0.2) is 9.84 Å². The van der Waals surface area contributed by atoms with Crippen LogP contribution in [0.3, 0.4) is 0 Å². The molecule has 7 nitrogen and oxygen atoms in total. The van der Waals surface area contributed by atoms with Crippen molar-refractivity contribution >= 4 is 15.7 Å². The minimum atomic E-state index is -2.90. The zero-order valence-corrected chi connectivity index (χ0v) is 20.7. The van der Waals surface area contributed by atoms with E-state index in [1.165, 1.54) is 0 Å². The molecule has 1 N–H and O–H groups in total. The van der Waals surface area contributed by atoms with Gasteiger partial charge in [0.25, 0.3) is 0 Å². The molecule has 2 fully saturated rings. The molecule has 2 aromatic rings. The number of carbonyl (C=O) groups is 1. The van der Waals surface area contributed by atoms with Crippen LogP contribution < -0.4 is 14.8 Å². The summed E-state index contributed by atoms with van der Waals surface area (Å²) in [5.74, 6) is 2.12. The Morgan fingerprint density at radius 1 is 0.971 bits per heavy atom. The lowest BCUT2D eigenvalue weighted by molar-refractivity contribution is -0.127. The molecule has 0 bridgehead atoms. The maximum absolute atomic E-state index is 13.3. The van der Waals surface area contributed by atoms with Crippen molar-refractivity contribution in [3.8, 4) is 11.5 Å². The first kappa shape index (κ1) is 24.5. The van der Waals surface area contributed by atoms with Crippen molar-refractivity contribution in [1.82, 2.24) is 10.2 Å². The van der Waals surface area contributed by atoms with Gasteiger partial charge in [-0.15, -0.1) is 0 Å². The maximum atomic E-state index is 13.3. The topological polar surface area (TPSA) is 84.9 Å². The molecule has 2 saturated heterocycles. The first-order valence-electron chi connectivity index (χ1n) is 11.9. The summed E-state index contributed by atoms with van der Waals surface area (Å²) in [7, 11) is 0.385. The lowest BCUT2D eigenvalue weighted by Crippen LogP contribution is -2.46. The minimum Gasteiger partial charge on any atom is -0.497 e. The van der Waals surface area contributed by atoms with Crippen LogP contribution >= 0.6 is 0 Å². The highest BCUT2D eigenvalue weighted by molar-refractivity contribution is 7.91. The summed E-state index contributed by atoms with van der Waals surface area (Å²) in [5.41, 5.74) is 2.14. The number of nitrogens with zero attached hydrogens (tertiary/aromatic N) is 1. The summed E-state index contributed by atoms with van der Waals surface area (Å²) in [6.45, 7) is 1.54. The zero-order valence-electron chi connectivity index (χ0n) is 19.9. The monoisotopic (exact) mass is 486 g/mol. The second kappa shape index (κ2) is 10.8. The van der Waals surface area contributed by atoms with Gasteiger partial charge in [-0.1, -0.05) is 24.3 Å². The highest BCUT2D eigenvalue weighted by Crippen LogP contribution is 2.27. The highest BCUT2D eigenvalue weighted by atomic mass is 32.2. The van der Waals surface area contributed by atoms with E-state index in [1.807, 2.05) is 48.5 Å². The van der Waals surface area contributed by atoms with Gasteiger partial charge in [-0.25, -0.2) is 8.42 Å². The molecule has 2 atom stereocenters. The number of benzene rings is 2. The largest absolute Gasteiger partial charge is 0.497 e. The van der Waals surface area contributed by atoms with Crippen LogP contribution in [0.15, 0.2) is 48.5 Å². The van der Waals surface area contributed by atoms with E-state index in [2.05, 4.69) is 10.2 Å². The minimum absolute atomic E-state index is 0.0630. The fourth-order valence-corrected chi connectivity index (χ4v) is 6.73. The van der Waals surface area contributed by atoms with E-state index in [9.17, 15) is 13.2 Å². The molecule has 0 saturated carbocycles. The third-order valence-corrected chi connectivity index (χ3v) is 8.81. The van der Waals surface area contributed by atoms with E-state index < -0.39 is 9.84 Å². The zero-order chi connectivity index (χ0) is 24.1. The quantitative estimate of drug-likeness (QED) is 0.618. The van der Waals surface area contributed by atoms with Gasteiger partial charge in [0.05, 0.1) is 31.8 Å². The number of carbonyl (C=O) groups excluding carboxylic acids is 1. The molecule has 0 aromatic heterocycles. The van der Waals surface area contributed by atoms with Gasteiger partial charge in [0.2, 0.25) is 5.91 Å². The van der Waals surface area contributed by atoms with Crippen molar-refractivity contribution in [3.05, 3.63) is 59.7 Å². The molecule has 184 valence electrons. The van der Waals surface area contributed by atoms with Crippen LogP contribution in [0, 0.1) is 5.92 Å². The maximum Gasteiger partial charge on any atom is 0.223 e. The molecule has 2 heterocycles. The van der Waals surface area contributed by atoms with Crippen molar-refractivity contribution in [1.29, 1.82) is 0 Å². The van der Waals surface area contributed by atoms with E-state index in [1.54, 1.807) is 14.2 Å². The Bertz CT molecular complexity index is 1060. The number of ether oxygens (including phenoxy) is 2. The van der Waals surface area contributed by atoms with Crippen LogP contribution in [-0.4, -0.2) is 64.1 Å². The van der Waals surface area contributed by atoms with Gasteiger partial charge in [-0.05, 0) is 74.2 Å². The number of methoxy groups -OCH3 is 2. The summed E-state index contributed by atoms with van der Waals surface area (Å²) in [5, 5.41) is 3.29. The standard InChI is InChI=1S/C26H34N2O5S/c1-32-23-7-3-19(4-8-23)17-25(20-5-9-24(33-2)10-6-20)27-26(29)21-11-14-28(15-12-21)22-13-16-34(30,31)18-22/h3-10,21-22,25H,11-18H2,1-2H3,(H,27,29). The van der Waals surface area contributed by atoms with Gasteiger partial charge in [0, 0.05) is 12.0 Å². The van der Waals surface area contributed by atoms with E-state index in [4.69, 9.17) is 9.47 Å². The fourth-order valence-electron chi connectivity index (χ4n) is 4.97. The summed E-state index contributed by atoms with van der Waals surface area (Å²) < 4.78 is 34.2. The van der Waals surface area contributed by atoms with E-state index >= 15 is 0 Å². The van der Waals surface area contributed by atoms with Crippen LogP contribution in [-0.2, 0) is 21.1 Å². The summed E-state index contributed by atoms with van der Waals surface area (Å²) in [6.07, 6.45) is 2.88. The van der Waals surface area contributed by atoms with Crippen molar-refractivity contribution in [3.63, 3.8) is 0 Å². The van der Waals surface area contributed by atoms with Crippen LogP contribution in [0.5, 0.6) is 11.5 Å². The first-order chi connectivity index (χ1) is 16.4. The van der Waals surface area contributed by atoms with Crippen LogP contribution in [0.4, 0.5) is 0 Å². The SMILES string of the molecule is COc1ccc(CC(NC(=O)C2CCN(C3CCS(=O)(=O)C3)CC2)c2ccc(OC)cc2)cc1. The van der Waals surface area contributed by atoms with Crippen molar-refractivity contribution in [2.45, 2.75) is 37.8 Å². The number of hydrogen-bond acceptors (Lipinski definition) is 6. The molecule has 4 rings (SSSR count). The lowest BCUT2D eigenvalue weighted by atomic mass is 9.92. The molecule has 8 heteroatoms. The second-order valence-electron chi connectivity index (χ2n) is 9.25. The summed E-state index contributed by atoms with van der Waals surface area (Å²) in [4.78, 5) is 15.5. The fraction of sp³-hybridized carbons (Fsp3) is 0.500.